The number of rotatable bonds is 3. The van der Waals surface area contributed by atoms with Crippen molar-refractivity contribution in [3.8, 4) is 11.5 Å². The zero-order valence-corrected chi connectivity index (χ0v) is 11.8. The van der Waals surface area contributed by atoms with E-state index in [0.717, 1.165) is 12.2 Å². The number of aromatic nitrogens is 5. The summed E-state index contributed by atoms with van der Waals surface area (Å²) in [5.41, 5.74) is 2.21. The van der Waals surface area contributed by atoms with E-state index in [0.29, 0.717) is 22.9 Å². The molecule has 3 aromatic heterocycles. The molecule has 1 fully saturated rings. The van der Waals surface area contributed by atoms with Crippen LogP contribution in [0.3, 0.4) is 0 Å². The number of hydrogen-bond acceptors (Lipinski definition) is 5. The molecule has 1 aliphatic carbocycles. The zero-order valence-electron chi connectivity index (χ0n) is 11.8. The van der Waals surface area contributed by atoms with Crippen molar-refractivity contribution in [3.63, 3.8) is 0 Å². The largest absolute Gasteiger partial charge is 0.463 e. The minimum atomic E-state index is 0.686. The molecule has 6 nitrogen and oxygen atoms in total. The van der Waals surface area contributed by atoms with E-state index in [1.807, 2.05) is 16.8 Å². The molecular weight excluding hydrogens is 266 g/mol. The number of nitrogens with zero attached hydrogens (tertiary/aromatic N) is 5. The lowest BCUT2D eigenvalue weighted by molar-refractivity contribution is 0.308. The molecule has 0 radical (unpaired) electrons. The van der Waals surface area contributed by atoms with Crippen LogP contribution in [0.5, 0.6) is 0 Å². The van der Waals surface area contributed by atoms with Gasteiger partial charge in [-0.3, -0.25) is 0 Å². The second-order valence-electron chi connectivity index (χ2n) is 5.65. The molecule has 0 aromatic carbocycles. The highest BCUT2D eigenvalue weighted by Crippen LogP contribution is 2.27. The van der Waals surface area contributed by atoms with Gasteiger partial charge in [0.05, 0.1) is 6.26 Å². The van der Waals surface area contributed by atoms with Crippen LogP contribution in [0, 0.1) is 5.92 Å². The molecule has 1 aliphatic rings. The Morgan fingerprint density at radius 3 is 2.90 bits per heavy atom. The fourth-order valence-electron chi connectivity index (χ4n) is 3.12. The van der Waals surface area contributed by atoms with Gasteiger partial charge in [-0.25, -0.2) is 14.6 Å². The van der Waals surface area contributed by atoms with E-state index < -0.39 is 0 Å². The summed E-state index contributed by atoms with van der Waals surface area (Å²) < 4.78 is 7.34. The van der Waals surface area contributed by atoms with Gasteiger partial charge < -0.3 is 4.42 Å². The van der Waals surface area contributed by atoms with Crippen LogP contribution in [-0.4, -0.2) is 25.0 Å². The number of hydrogen-bond donors (Lipinski definition) is 0. The second kappa shape index (κ2) is 5.27. The molecule has 108 valence electrons. The zero-order chi connectivity index (χ0) is 14.1. The van der Waals surface area contributed by atoms with E-state index in [1.165, 1.54) is 32.1 Å². The topological polar surface area (TPSA) is 69.6 Å². The Labute approximate surface area is 122 Å². The molecule has 0 saturated heterocycles. The van der Waals surface area contributed by atoms with Crippen molar-refractivity contribution in [2.24, 2.45) is 5.92 Å². The maximum absolute atomic E-state index is 5.42. The lowest BCUT2D eigenvalue weighted by Crippen LogP contribution is -2.15. The fourth-order valence-corrected chi connectivity index (χ4v) is 3.12. The Morgan fingerprint density at radius 1 is 1.19 bits per heavy atom. The molecule has 3 aromatic rings. The van der Waals surface area contributed by atoms with Crippen LogP contribution in [0.2, 0.25) is 0 Å². The van der Waals surface area contributed by atoms with Crippen molar-refractivity contribution in [1.29, 1.82) is 0 Å². The Kier molecular flexibility index (Phi) is 3.14. The van der Waals surface area contributed by atoms with Crippen molar-refractivity contribution in [3.05, 3.63) is 24.7 Å². The predicted molar refractivity (Wildman–Crippen MR) is 77.4 cm³/mol. The summed E-state index contributed by atoms with van der Waals surface area (Å²) in [6.45, 7) is 0.894. The van der Waals surface area contributed by atoms with E-state index in [2.05, 4.69) is 20.3 Å². The van der Waals surface area contributed by atoms with Crippen LogP contribution in [0.4, 0.5) is 0 Å². The van der Waals surface area contributed by atoms with Gasteiger partial charge in [-0.2, -0.15) is 0 Å². The maximum Gasteiger partial charge on any atom is 0.182 e. The third kappa shape index (κ3) is 2.30. The maximum atomic E-state index is 5.42. The first-order chi connectivity index (χ1) is 10.4. The average molecular weight is 283 g/mol. The smallest absolute Gasteiger partial charge is 0.182 e. The normalized spacial score (nSPS) is 16.6. The Balaban J connectivity index is 1.70. The lowest BCUT2D eigenvalue weighted by atomic mass is 9.89. The third-order valence-corrected chi connectivity index (χ3v) is 4.21. The van der Waals surface area contributed by atoms with Gasteiger partial charge in [0.15, 0.2) is 16.9 Å². The van der Waals surface area contributed by atoms with Crippen LogP contribution >= 0.6 is 0 Å². The van der Waals surface area contributed by atoms with Gasteiger partial charge in [-0.15, -0.1) is 5.10 Å². The van der Waals surface area contributed by atoms with E-state index >= 15 is 0 Å². The lowest BCUT2D eigenvalue weighted by Gasteiger charge is -2.20. The van der Waals surface area contributed by atoms with Crippen LogP contribution in [-0.2, 0) is 6.54 Å². The summed E-state index contributed by atoms with van der Waals surface area (Å²) in [7, 11) is 0. The molecule has 0 atom stereocenters. The minimum absolute atomic E-state index is 0.686. The first-order valence-electron chi connectivity index (χ1n) is 7.50. The Morgan fingerprint density at radius 2 is 2.10 bits per heavy atom. The molecular formula is C15H17N5O. The number of fused-ring (bicyclic) bond motifs is 1. The van der Waals surface area contributed by atoms with E-state index in [9.17, 15) is 0 Å². The van der Waals surface area contributed by atoms with E-state index in [-0.39, 0.29) is 0 Å². The Bertz CT molecular complexity index is 728. The molecule has 4 rings (SSSR count). The predicted octanol–water partition coefficient (Wildman–Crippen LogP) is 3.06. The van der Waals surface area contributed by atoms with Crippen molar-refractivity contribution in [2.45, 2.75) is 38.6 Å². The van der Waals surface area contributed by atoms with Crippen molar-refractivity contribution in [1.82, 2.24) is 25.0 Å². The van der Waals surface area contributed by atoms with Gasteiger partial charge in [0.2, 0.25) is 0 Å². The molecule has 6 heteroatoms. The van der Waals surface area contributed by atoms with Gasteiger partial charge >= 0.3 is 0 Å². The van der Waals surface area contributed by atoms with Gasteiger partial charge in [-0.05, 0) is 30.9 Å². The molecule has 0 unspecified atom stereocenters. The third-order valence-electron chi connectivity index (χ3n) is 4.21. The number of furan rings is 1. The summed E-state index contributed by atoms with van der Waals surface area (Å²) >= 11 is 0. The summed E-state index contributed by atoms with van der Waals surface area (Å²) in [5, 5.41) is 8.55. The first-order valence-corrected chi connectivity index (χ1v) is 7.50. The van der Waals surface area contributed by atoms with E-state index in [1.54, 1.807) is 12.6 Å². The molecule has 0 amide bonds. The second-order valence-corrected chi connectivity index (χ2v) is 5.65. The highest BCUT2D eigenvalue weighted by atomic mass is 16.3. The van der Waals surface area contributed by atoms with Crippen LogP contribution < -0.4 is 0 Å². The van der Waals surface area contributed by atoms with Crippen molar-refractivity contribution in [2.75, 3.05) is 0 Å². The average Bonchev–Trinajstić information content (AvgIpc) is 3.18. The molecule has 1 saturated carbocycles. The molecule has 0 aliphatic heterocycles. The first kappa shape index (κ1) is 12.5. The fraction of sp³-hybridized carbons (Fsp3) is 0.467. The van der Waals surface area contributed by atoms with Crippen LogP contribution in [0.25, 0.3) is 22.6 Å². The SMILES string of the molecule is c1coc(-c2ncnc3c2nnn3CC2CCCCC2)c1. The van der Waals surface area contributed by atoms with Gasteiger partial charge in [0, 0.05) is 6.54 Å². The van der Waals surface area contributed by atoms with Gasteiger partial charge in [-0.1, -0.05) is 24.5 Å². The molecule has 3 heterocycles. The van der Waals surface area contributed by atoms with Crippen LogP contribution in [0.15, 0.2) is 29.1 Å². The highest BCUT2D eigenvalue weighted by molar-refractivity contribution is 5.84. The molecule has 21 heavy (non-hydrogen) atoms. The molecule has 0 bridgehead atoms. The minimum Gasteiger partial charge on any atom is -0.463 e. The highest BCUT2D eigenvalue weighted by Gasteiger charge is 2.19. The monoisotopic (exact) mass is 283 g/mol. The van der Waals surface area contributed by atoms with Crippen molar-refractivity contribution < 1.29 is 4.42 Å². The van der Waals surface area contributed by atoms with Crippen LogP contribution in [0.1, 0.15) is 32.1 Å². The summed E-state index contributed by atoms with van der Waals surface area (Å²) in [6.07, 6.45) is 9.75. The van der Waals surface area contributed by atoms with Gasteiger partial charge in [0.1, 0.15) is 12.0 Å². The Hall–Kier alpha value is -2.24. The summed E-state index contributed by atoms with van der Waals surface area (Å²) in [5.74, 6) is 1.39. The van der Waals surface area contributed by atoms with Crippen molar-refractivity contribution >= 4 is 11.2 Å². The summed E-state index contributed by atoms with van der Waals surface area (Å²) in [6, 6.07) is 3.72. The molecule has 0 spiro atoms. The summed E-state index contributed by atoms with van der Waals surface area (Å²) in [4.78, 5) is 8.65. The van der Waals surface area contributed by atoms with E-state index in [4.69, 9.17) is 4.42 Å². The standard InChI is InChI=1S/C15H17N5O/c1-2-5-11(6-3-1)9-20-15-14(18-19-20)13(16-10-17-15)12-7-4-8-21-12/h4,7-8,10-11H,1-3,5-6,9H2. The quantitative estimate of drug-likeness (QED) is 0.738. The molecule has 0 N–H and O–H groups in total. The van der Waals surface area contributed by atoms with Gasteiger partial charge in [0.25, 0.3) is 0 Å².